The van der Waals surface area contributed by atoms with Crippen molar-refractivity contribution in [3.63, 3.8) is 0 Å². The highest BCUT2D eigenvalue weighted by Gasteiger charge is 2.39. The van der Waals surface area contributed by atoms with Crippen LogP contribution in [0.1, 0.15) is 27.0 Å². The third-order valence-corrected chi connectivity index (χ3v) is 6.07. The van der Waals surface area contributed by atoms with Crippen molar-refractivity contribution in [2.75, 3.05) is 17.3 Å². The van der Waals surface area contributed by atoms with E-state index in [2.05, 4.69) is 5.32 Å². The molecule has 4 rings (SSSR count). The van der Waals surface area contributed by atoms with Crippen LogP contribution in [0.3, 0.4) is 0 Å². The zero-order valence-electron chi connectivity index (χ0n) is 19.6. The molecular weight excluding hydrogens is 468 g/mol. The normalized spacial score (nSPS) is 13.3. The average molecular weight is 491 g/mol. The summed E-state index contributed by atoms with van der Waals surface area (Å²) in [6.45, 7) is 5.80. The number of hydrogen-bond donors (Lipinski definition) is 1. The van der Waals surface area contributed by atoms with Crippen LogP contribution >= 0.6 is 11.6 Å². The number of amides is 2. The summed E-state index contributed by atoms with van der Waals surface area (Å²) in [5, 5.41) is 2.67. The monoisotopic (exact) mass is 490 g/mol. The molecule has 178 valence electrons. The number of benzene rings is 3. The molecule has 7 nitrogen and oxygen atoms in total. The minimum atomic E-state index is -0.631. The zero-order chi connectivity index (χ0) is 25.3. The van der Waals surface area contributed by atoms with Gasteiger partial charge in [0.2, 0.25) is 0 Å². The van der Waals surface area contributed by atoms with E-state index in [1.165, 1.54) is 7.11 Å². The molecule has 0 unspecified atom stereocenters. The lowest BCUT2D eigenvalue weighted by Gasteiger charge is -2.15. The van der Waals surface area contributed by atoms with E-state index in [1.807, 2.05) is 32.9 Å². The fourth-order valence-electron chi connectivity index (χ4n) is 3.68. The SMILES string of the molecule is COc1ccc(N2C(=O)C(Cl)=C(Nc3ccc(C(=O)Oc4cc(C)cc(C)c4C)cc3)C2=O)cc1. The van der Waals surface area contributed by atoms with Gasteiger partial charge in [-0.15, -0.1) is 0 Å². The molecule has 0 saturated heterocycles. The van der Waals surface area contributed by atoms with Gasteiger partial charge in [0, 0.05) is 5.69 Å². The maximum atomic E-state index is 12.9. The molecule has 1 aliphatic heterocycles. The summed E-state index contributed by atoms with van der Waals surface area (Å²) in [5.41, 5.74) is 4.08. The van der Waals surface area contributed by atoms with E-state index in [9.17, 15) is 14.4 Å². The molecule has 0 aliphatic carbocycles. The lowest BCUT2D eigenvalue weighted by molar-refractivity contribution is -0.120. The van der Waals surface area contributed by atoms with Gasteiger partial charge in [-0.2, -0.15) is 0 Å². The highest BCUT2D eigenvalue weighted by Crippen LogP contribution is 2.31. The largest absolute Gasteiger partial charge is 0.497 e. The number of halogens is 1. The van der Waals surface area contributed by atoms with Crippen LogP contribution < -0.4 is 19.7 Å². The molecule has 3 aromatic carbocycles. The Morgan fingerprint density at radius 3 is 2.20 bits per heavy atom. The molecule has 0 radical (unpaired) electrons. The Labute approximate surface area is 207 Å². The lowest BCUT2D eigenvalue weighted by atomic mass is 10.1. The van der Waals surface area contributed by atoms with Crippen LogP contribution in [0, 0.1) is 20.8 Å². The number of hydrogen-bond acceptors (Lipinski definition) is 6. The number of carbonyl (C=O) groups excluding carboxylic acids is 3. The fraction of sp³-hybridized carbons (Fsp3) is 0.148. The van der Waals surface area contributed by atoms with E-state index in [-0.39, 0.29) is 10.7 Å². The number of nitrogens with one attached hydrogen (secondary N) is 1. The predicted molar refractivity (Wildman–Crippen MR) is 134 cm³/mol. The second-order valence-electron chi connectivity index (χ2n) is 8.13. The summed E-state index contributed by atoms with van der Waals surface area (Å²) >= 11 is 6.20. The molecule has 0 spiro atoms. The van der Waals surface area contributed by atoms with Gasteiger partial charge in [0.25, 0.3) is 11.8 Å². The molecule has 0 bridgehead atoms. The number of anilines is 2. The number of rotatable bonds is 6. The average Bonchev–Trinajstić information content (AvgIpc) is 3.05. The Kier molecular flexibility index (Phi) is 6.62. The van der Waals surface area contributed by atoms with Gasteiger partial charge in [0.15, 0.2) is 0 Å². The van der Waals surface area contributed by atoms with Gasteiger partial charge < -0.3 is 14.8 Å². The molecular formula is C27H23ClN2O5. The molecule has 0 aromatic heterocycles. The Morgan fingerprint density at radius 1 is 0.914 bits per heavy atom. The number of aryl methyl sites for hydroxylation is 2. The molecule has 0 atom stereocenters. The smallest absolute Gasteiger partial charge is 0.343 e. The van der Waals surface area contributed by atoms with E-state index in [4.69, 9.17) is 21.1 Å². The van der Waals surface area contributed by atoms with E-state index >= 15 is 0 Å². The van der Waals surface area contributed by atoms with Crippen LogP contribution in [0.15, 0.2) is 71.4 Å². The Morgan fingerprint density at radius 2 is 1.57 bits per heavy atom. The van der Waals surface area contributed by atoms with Crippen LogP contribution in [0.4, 0.5) is 11.4 Å². The van der Waals surface area contributed by atoms with Crippen LogP contribution in [-0.2, 0) is 9.59 Å². The standard InChI is InChI=1S/C27H23ClN2O5/c1-15-13-16(2)17(3)22(14-15)35-27(33)18-5-7-19(8-6-18)29-24-23(28)25(31)30(26(24)32)20-9-11-21(34-4)12-10-20/h5-14,29H,1-4H3. The first-order valence-corrected chi connectivity index (χ1v) is 11.2. The van der Waals surface area contributed by atoms with Crippen LogP contribution in [0.5, 0.6) is 11.5 Å². The van der Waals surface area contributed by atoms with E-state index in [0.29, 0.717) is 28.4 Å². The quantitative estimate of drug-likeness (QED) is 0.287. The molecule has 1 heterocycles. The van der Waals surface area contributed by atoms with Crippen molar-refractivity contribution in [3.8, 4) is 11.5 Å². The van der Waals surface area contributed by atoms with Gasteiger partial charge in [-0.25, -0.2) is 9.69 Å². The topological polar surface area (TPSA) is 84.9 Å². The van der Waals surface area contributed by atoms with Crippen molar-refractivity contribution in [2.45, 2.75) is 20.8 Å². The minimum absolute atomic E-state index is 0.0475. The maximum absolute atomic E-state index is 12.9. The molecule has 0 saturated carbocycles. The van der Waals surface area contributed by atoms with Gasteiger partial charge in [-0.1, -0.05) is 17.7 Å². The molecule has 2 amide bonds. The van der Waals surface area contributed by atoms with Crippen molar-refractivity contribution in [3.05, 3.63) is 93.6 Å². The van der Waals surface area contributed by atoms with Crippen LogP contribution in [-0.4, -0.2) is 24.9 Å². The summed E-state index contributed by atoms with van der Waals surface area (Å²) in [6, 6.07) is 16.7. The van der Waals surface area contributed by atoms with Gasteiger partial charge in [0.05, 0.1) is 18.4 Å². The van der Waals surface area contributed by atoms with Crippen molar-refractivity contribution in [1.82, 2.24) is 0 Å². The summed E-state index contributed by atoms with van der Waals surface area (Å²) in [4.78, 5) is 39.2. The lowest BCUT2D eigenvalue weighted by Crippen LogP contribution is -2.32. The van der Waals surface area contributed by atoms with Crippen molar-refractivity contribution in [1.29, 1.82) is 0 Å². The number of imide groups is 1. The predicted octanol–water partition coefficient (Wildman–Crippen LogP) is 5.28. The third-order valence-electron chi connectivity index (χ3n) is 5.71. The molecule has 8 heteroatoms. The number of methoxy groups -OCH3 is 1. The fourth-order valence-corrected chi connectivity index (χ4v) is 3.89. The van der Waals surface area contributed by atoms with E-state index in [0.717, 1.165) is 21.6 Å². The number of nitrogens with zero attached hydrogens (tertiary/aromatic N) is 1. The first kappa shape index (κ1) is 24.0. The molecule has 3 aromatic rings. The minimum Gasteiger partial charge on any atom is -0.497 e. The van der Waals surface area contributed by atoms with Crippen LogP contribution in [0.25, 0.3) is 0 Å². The molecule has 0 fully saturated rings. The number of ether oxygens (including phenoxy) is 2. The Balaban J connectivity index is 1.48. The summed E-state index contributed by atoms with van der Waals surface area (Å²) < 4.78 is 10.7. The highest BCUT2D eigenvalue weighted by molar-refractivity contribution is 6.53. The van der Waals surface area contributed by atoms with Crippen molar-refractivity contribution < 1.29 is 23.9 Å². The zero-order valence-corrected chi connectivity index (χ0v) is 20.4. The summed E-state index contributed by atoms with van der Waals surface area (Å²) in [6.07, 6.45) is 0. The molecule has 1 aliphatic rings. The van der Waals surface area contributed by atoms with Crippen molar-refractivity contribution >= 4 is 40.8 Å². The van der Waals surface area contributed by atoms with Gasteiger partial charge >= 0.3 is 5.97 Å². The molecule has 1 N–H and O–H groups in total. The van der Waals surface area contributed by atoms with Crippen molar-refractivity contribution in [2.24, 2.45) is 0 Å². The molecule has 35 heavy (non-hydrogen) atoms. The summed E-state index contributed by atoms with van der Waals surface area (Å²) in [7, 11) is 1.52. The second-order valence-corrected chi connectivity index (χ2v) is 8.51. The van der Waals surface area contributed by atoms with Gasteiger partial charge in [0.1, 0.15) is 22.2 Å². The Bertz CT molecular complexity index is 1360. The number of carbonyl (C=O) groups is 3. The highest BCUT2D eigenvalue weighted by atomic mass is 35.5. The first-order chi connectivity index (χ1) is 16.7. The van der Waals surface area contributed by atoms with Gasteiger partial charge in [-0.05, 0) is 92.1 Å². The van der Waals surface area contributed by atoms with E-state index < -0.39 is 17.8 Å². The second kappa shape index (κ2) is 9.64. The first-order valence-electron chi connectivity index (χ1n) is 10.8. The number of esters is 1. The summed E-state index contributed by atoms with van der Waals surface area (Å²) in [5.74, 6) is -0.608. The van der Waals surface area contributed by atoms with E-state index in [1.54, 1.807) is 48.5 Å². The maximum Gasteiger partial charge on any atom is 0.343 e. The van der Waals surface area contributed by atoms with Crippen LogP contribution in [0.2, 0.25) is 0 Å². The Hall–Kier alpha value is -4.10. The third kappa shape index (κ3) is 4.76. The van der Waals surface area contributed by atoms with Gasteiger partial charge in [-0.3, -0.25) is 9.59 Å².